The van der Waals surface area contributed by atoms with Gasteiger partial charge in [0.2, 0.25) is 0 Å². The summed E-state index contributed by atoms with van der Waals surface area (Å²) in [5.41, 5.74) is 11.9. The Morgan fingerprint density at radius 2 is 2.04 bits per heavy atom. The van der Waals surface area contributed by atoms with Gasteiger partial charge >= 0.3 is 0 Å². The van der Waals surface area contributed by atoms with Crippen LogP contribution in [0.5, 0.6) is 5.75 Å². The number of nitrogen functional groups attached to an aromatic ring is 1. The summed E-state index contributed by atoms with van der Waals surface area (Å²) in [5, 5.41) is 8.32. The molecule has 0 radical (unpaired) electrons. The van der Waals surface area contributed by atoms with Crippen molar-refractivity contribution in [3.05, 3.63) is 59.9 Å². The van der Waals surface area contributed by atoms with Crippen molar-refractivity contribution in [1.29, 1.82) is 0 Å². The van der Waals surface area contributed by atoms with Gasteiger partial charge in [0.25, 0.3) is 0 Å². The minimum absolute atomic E-state index is 0.554. The van der Waals surface area contributed by atoms with Crippen LogP contribution in [-0.2, 0) is 6.54 Å². The first-order chi connectivity index (χ1) is 13.6. The molecule has 7 heteroatoms. The number of rotatable bonds is 5. The van der Waals surface area contributed by atoms with Gasteiger partial charge in [0.15, 0.2) is 0 Å². The van der Waals surface area contributed by atoms with Gasteiger partial charge in [-0.1, -0.05) is 11.2 Å². The zero-order valence-electron chi connectivity index (χ0n) is 16.0. The van der Waals surface area contributed by atoms with Crippen molar-refractivity contribution in [2.24, 2.45) is 0 Å². The Labute approximate surface area is 162 Å². The molecular weight excluding hydrogens is 354 g/mol. The molecule has 4 rings (SSSR count). The van der Waals surface area contributed by atoms with E-state index >= 15 is 0 Å². The number of nitrogens with one attached hydrogen (secondary N) is 1. The fourth-order valence-corrected chi connectivity index (χ4v) is 3.35. The van der Waals surface area contributed by atoms with Gasteiger partial charge in [-0.3, -0.25) is 9.97 Å². The molecule has 0 spiro atoms. The van der Waals surface area contributed by atoms with E-state index in [2.05, 4.69) is 20.4 Å². The lowest BCUT2D eigenvalue weighted by molar-refractivity contribution is 0.393. The number of aryl methyl sites for hydroxylation is 2. The summed E-state index contributed by atoms with van der Waals surface area (Å²) in [4.78, 5) is 8.86. The van der Waals surface area contributed by atoms with E-state index in [-0.39, 0.29) is 0 Å². The van der Waals surface area contributed by atoms with Crippen molar-refractivity contribution in [2.75, 3.05) is 18.2 Å². The molecule has 7 nitrogen and oxygen atoms in total. The molecule has 0 saturated carbocycles. The van der Waals surface area contributed by atoms with Crippen LogP contribution in [0.3, 0.4) is 0 Å². The normalized spacial score (nSPS) is 11.0. The van der Waals surface area contributed by atoms with Crippen LogP contribution >= 0.6 is 0 Å². The number of anilines is 2. The highest BCUT2D eigenvalue weighted by Gasteiger charge is 2.19. The number of pyridine rings is 2. The number of fused-ring (bicyclic) bond motifs is 1. The van der Waals surface area contributed by atoms with Crippen LogP contribution in [0.15, 0.2) is 47.2 Å². The third kappa shape index (κ3) is 3.11. The van der Waals surface area contributed by atoms with Gasteiger partial charge in [-0.25, -0.2) is 0 Å². The molecule has 28 heavy (non-hydrogen) atoms. The average molecular weight is 375 g/mol. The number of nitrogens with two attached hydrogens (primary N) is 1. The Morgan fingerprint density at radius 1 is 1.18 bits per heavy atom. The minimum atomic E-state index is 0.554. The summed E-state index contributed by atoms with van der Waals surface area (Å²) in [6, 6.07) is 9.73. The van der Waals surface area contributed by atoms with Crippen molar-refractivity contribution in [2.45, 2.75) is 20.4 Å². The Morgan fingerprint density at radius 3 is 2.71 bits per heavy atom. The van der Waals surface area contributed by atoms with Crippen LogP contribution in [0.1, 0.15) is 17.1 Å². The first-order valence-corrected chi connectivity index (χ1v) is 8.91. The molecule has 0 atom stereocenters. The van der Waals surface area contributed by atoms with E-state index < -0.39 is 0 Å². The van der Waals surface area contributed by atoms with E-state index in [1.807, 2.05) is 44.2 Å². The number of hydrogen-bond donors (Lipinski definition) is 2. The monoisotopic (exact) mass is 375 g/mol. The summed E-state index contributed by atoms with van der Waals surface area (Å²) in [7, 11) is 1.64. The van der Waals surface area contributed by atoms with Gasteiger partial charge in [0.05, 0.1) is 53.7 Å². The smallest absolute Gasteiger partial charge is 0.141 e. The molecule has 142 valence electrons. The zero-order chi connectivity index (χ0) is 19.7. The molecule has 3 heterocycles. The standard InChI is InChI=1S/C21H21N5O2/c1-12-20(13(2)28-26-12)16-8-18-15(9-19(16)27-3)21(17(22)11-24-18)25-10-14-6-4-5-7-23-14/h4-9,11H,10,22H2,1-3H3,(H,24,25). The molecule has 0 unspecified atom stereocenters. The van der Waals surface area contributed by atoms with Crippen molar-refractivity contribution < 1.29 is 9.26 Å². The predicted molar refractivity (Wildman–Crippen MR) is 109 cm³/mol. The number of hydrogen-bond acceptors (Lipinski definition) is 7. The van der Waals surface area contributed by atoms with Crippen LogP contribution in [-0.4, -0.2) is 22.2 Å². The van der Waals surface area contributed by atoms with E-state index in [9.17, 15) is 0 Å². The van der Waals surface area contributed by atoms with Crippen molar-refractivity contribution >= 4 is 22.3 Å². The van der Waals surface area contributed by atoms with Crippen molar-refractivity contribution in [3.8, 4) is 16.9 Å². The molecule has 1 aromatic carbocycles. The maximum absolute atomic E-state index is 6.21. The quantitative estimate of drug-likeness (QED) is 0.541. The molecule has 0 fully saturated rings. The van der Waals surface area contributed by atoms with E-state index in [1.54, 1.807) is 19.5 Å². The lowest BCUT2D eigenvalue weighted by atomic mass is 10.00. The molecule has 0 aliphatic rings. The molecule has 0 aliphatic carbocycles. The molecular formula is C21H21N5O2. The summed E-state index contributed by atoms with van der Waals surface area (Å²) < 4.78 is 11.0. The lowest BCUT2D eigenvalue weighted by Gasteiger charge is -2.15. The molecule has 3 N–H and O–H groups in total. The molecule has 0 saturated heterocycles. The van der Waals surface area contributed by atoms with Gasteiger partial charge in [0.1, 0.15) is 11.5 Å². The summed E-state index contributed by atoms with van der Waals surface area (Å²) in [6.07, 6.45) is 3.43. The molecule has 4 aromatic rings. The Bertz CT molecular complexity index is 1120. The average Bonchev–Trinajstić information content (AvgIpc) is 3.05. The number of benzene rings is 1. The summed E-state index contributed by atoms with van der Waals surface area (Å²) >= 11 is 0. The number of ether oxygens (including phenoxy) is 1. The highest BCUT2D eigenvalue weighted by molar-refractivity contribution is 6.00. The second-order valence-corrected chi connectivity index (χ2v) is 6.53. The van der Waals surface area contributed by atoms with Crippen molar-refractivity contribution in [1.82, 2.24) is 15.1 Å². The Kier molecular flexibility index (Phi) is 4.57. The van der Waals surface area contributed by atoms with Crippen LogP contribution < -0.4 is 15.8 Å². The van der Waals surface area contributed by atoms with Crippen molar-refractivity contribution in [3.63, 3.8) is 0 Å². The first kappa shape index (κ1) is 17.8. The molecule has 0 bridgehead atoms. The largest absolute Gasteiger partial charge is 0.496 e. The van der Waals surface area contributed by atoms with E-state index in [4.69, 9.17) is 15.0 Å². The highest BCUT2D eigenvalue weighted by atomic mass is 16.5. The van der Waals surface area contributed by atoms with E-state index in [0.717, 1.165) is 44.9 Å². The van der Waals surface area contributed by atoms with E-state index in [1.165, 1.54) is 0 Å². The molecule has 3 aromatic heterocycles. The van der Waals surface area contributed by atoms with Crippen LogP contribution in [0.25, 0.3) is 22.0 Å². The second kappa shape index (κ2) is 7.19. The maximum Gasteiger partial charge on any atom is 0.141 e. The zero-order valence-corrected chi connectivity index (χ0v) is 16.0. The Hall–Kier alpha value is -3.61. The second-order valence-electron chi connectivity index (χ2n) is 6.53. The molecule has 0 aliphatic heterocycles. The van der Waals surface area contributed by atoms with Gasteiger partial charge in [-0.05, 0) is 38.1 Å². The minimum Gasteiger partial charge on any atom is -0.496 e. The topological polar surface area (TPSA) is 99.1 Å². The van der Waals surface area contributed by atoms with Gasteiger partial charge in [0, 0.05) is 17.1 Å². The third-order valence-corrected chi connectivity index (χ3v) is 4.69. The van der Waals surface area contributed by atoms with Gasteiger partial charge < -0.3 is 20.3 Å². The third-order valence-electron chi connectivity index (χ3n) is 4.69. The fourth-order valence-electron chi connectivity index (χ4n) is 3.35. The van der Waals surface area contributed by atoms with Gasteiger partial charge in [-0.15, -0.1) is 0 Å². The summed E-state index contributed by atoms with van der Waals surface area (Å²) in [6.45, 7) is 4.35. The number of aromatic nitrogens is 3. The highest BCUT2D eigenvalue weighted by Crippen LogP contribution is 2.40. The van der Waals surface area contributed by atoms with E-state index in [0.29, 0.717) is 18.0 Å². The fraction of sp³-hybridized carbons (Fsp3) is 0.190. The molecule has 0 amide bonds. The Balaban J connectivity index is 1.82. The SMILES string of the molecule is COc1cc2c(NCc3ccccn3)c(N)cnc2cc1-c1c(C)noc1C. The van der Waals surface area contributed by atoms with Gasteiger partial charge in [-0.2, -0.15) is 0 Å². The number of methoxy groups -OCH3 is 1. The van der Waals surface area contributed by atoms with Crippen LogP contribution in [0.4, 0.5) is 11.4 Å². The lowest BCUT2D eigenvalue weighted by Crippen LogP contribution is -2.05. The first-order valence-electron chi connectivity index (χ1n) is 8.91. The number of nitrogens with zero attached hydrogens (tertiary/aromatic N) is 3. The maximum atomic E-state index is 6.21. The van der Waals surface area contributed by atoms with Crippen LogP contribution in [0, 0.1) is 13.8 Å². The summed E-state index contributed by atoms with van der Waals surface area (Å²) in [5.74, 6) is 1.44. The van der Waals surface area contributed by atoms with Crippen LogP contribution in [0.2, 0.25) is 0 Å². The predicted octanol–water partition coefficient (Wildman–Crippen LogP) is 4.10.